The van der Waals surface area contributed by atoms with E-state index in [1.807, 2.05) is 0 Å². The molecule has 44 heavy (non-hydrogen) atoms. The first-order chi connectivity index (χ1) is 21.5. The summed E-state index contributed by atoms with van der Waals surface area (Å²) in [5.74, 6) is 1.37. The maximum Gasteiger partial charge on any atom is 0.513 e. The molecule has 0 fully saturated rings. The van der Waals surface area contributed by atoms with Gasteiger partial charge in [0.15, 0.2) is 0 Å². The maximum atomic E-state index is 11.7. The van der Waals surface area contributed by atoms with Crippen molar-refractivity contribution >= 4 is 11.8 Å². The van der Waals surface area contributed by atoms with Crippen molar-refractivity contribution in [3.05, 3.63) is 71.0 Å². The van der Waals surface area contributed by atoms with Crippen molar-refractivity contribution in [1.29, 1.82) is 0 Å². The fourth-order valence-corrected chi connectivity index (χ4v) is 3.37. The molecule has 0 amide bonds. The van der Waals surface area contributed by atoms with Crippen LogP contribution in [-0.4, -0.2) is 105 Å². The summed E-state index contributed by atoms with van der Waals surface area (Å²) in [5.41, 5.74) is 1.14. The van der Waals surface area contributed by atoms with Crippen LogP contribution in [0.15, 0.2) is 60.9 Å². The number of pyridine rings is 2. The summed E-state index contributed by atoms with van der Waals surface area (Å²) < 4.78 is 42.7. The molecule has 3 rings (SSSR count). The van der Waals surface area contributed by atoms with E-state index in [1.54, 1.807) is 36.7 Å². The van der Waals surface area contributed by atoms with Gasteiger partial charge in [0.25, 0.3) is 5.69 Å². The summed E-state index contributed by atoms with van der Waals surface area (Å²) in [6.07, 6.45) is 2.33. The highest BCUT2D eigenvalue weighted by atomic mass is 16.7. The van der Waals surface area contributed by atoms with Crippen LogP contribution in [0.1, 0.15) is 0 Å². The van der Waals surface area contributed by atoms with E-state index < -0.39 is 11.1 Å². The van der Waals surface area contributed by atoms with Crippen LogP contribution in [0.2, 0.25) is 0 Å². The Morgan fingerprint density at radius 1 is 0.659 bits per heavy atom. The number of hydrogen-bond acceptors (Lipinski definition) is 14. The van der Waals surface area contributed by atoms with Crippen LogP contribution in [0.25, 0.3) is 11.4 Å². The number of nitro benzene ring substituents is 1. The number of hydrogen-bond donors (Lipinski definition) is 1. The van der Waals surface area contributed by atoms with Gasteiger partial charge in [-0.3, -0.25) is 20.1 Å². The van der Waals surface area contributed by atoms with Crippen LogP contribution in [0.3, 0.4) is 0 Å². The normalized spacial score (nSPS) is 10.8. The van der Waals surface area contributed by atoms with E-state index in [-0.39, 0.29) is 37.9 Å². The van der Waals surface area contributed by atoms with Crippen molar-refractivity contribution in [2.75, 3.05) is 79.3 Å². The van der Waals surface area contributed by atoms with Gasteiger partial charge in [0, 0.05) is 36.7 Å². The highest BCUT2D eigenvalue weighted by molar-refractivity contribution is 5.64. The Balaban J connectivity index is 1.23. The predicted molar refractivity (Wildman–Crippen MR) is 154 cm³/mol. The van der Waals surface area contributed by atoms with Gasteiger partial charge in [0.1, 0.15) is 37.1 Å². The third-order valence-electron chi connectivity index (χ3n) is 5.39. The van der Waals surface area contributed by atoms with Crippen LogP contribution >= 0.6 is 0 Å². The molecule has 0 aliphatic carbocycles. The molecular weight excluding hydrogens is 582 g/mol. The molecule has 15 nitrogen and oxygen atoms in total. The number of ether oxygens (including phenoxy) is 8. The molecule has 0 unspecified atom stereocenters. The predicted octanol–water partition coefficient (Wildman–Crippen LogP) is 3.08. The summed E-state index contributed by atoms with van der Waals surface area (Å²) in [6.45, 7) is 3.24. The van der Waals surface area contributed by atoms with Gasteiger partial charge >= 0.3 is 6.16 Å². The lowest BCUT2D eigenvalue weighted by molar-refractivity contribution is -0.384. The van der Waals surface area contributed by atoms with Crippen LogP contribution in [0, 0.1) is 10.1 Å². The molecule has 2 heterocycles. The number of benzene rings is 1. The summed E-state index contributed by atoms with van der Waals surface area (Å²) in [7, 11) is 0. The molecule has 0 aliphatic rings. The molecule has 0 atom stereocenters. The summed E-state index contributed by atoms with van der Waals surface area (Å²) in [5, 5.41) is 19.3. The molecule has 238 valence electrons. The van der Waals surface area contributed by atoms with E-state index in [1.165, 1.54) is 24.3 Å². The molecule has 1 N–H and O–H groups in total. The van der Waals surface area contributed by atoms with Crippen molar-refractivity contribution in [3.63, 3.8) is 0 Å². The van der Waals surface area contributed by atoms with Gasteiger partial charge in [-0.1, -0.05) is 0 Å². The second-order valence-electron chi connectivity index (χ2n) is 8.58. The van der Waals surface area contributed by atoms with Crippen molar-refractivity contribution in [1.82, 2.24) is 9.97 Å². The summed E-state index contributed by atoms with van der Waals surface area (Å²) in [4.78, 5) is 30.5. The molecule has 0 saturated carbocycles. The second-order valence-corrected chi connectivity index (χ2v) is 8.58. The lowest BCUT2D eigenvalue weighted by Crippen LogP contribution is -2.16. The van der Waals surface area contributed by atoms with Gasteiger partial charge in [-0.2, -0.15) is 0 Å². The number of carbonyl (C=O) groups excluding carboxylic acids is 1. The molecule has 15 heteroatoms. The monoisotopic (exact) mass is 617 g/mol. The standard InChI is InChI=1S/C29H35N3O12/c33-9-10-37-11-12-38-15-18-41-25-5-7-30-27(21-25)28-22-26(6-8-31-28)42-19-16-39-13-14-40-17-20-43-29(34)44-24-3-1-23(2-4-24)32(35)36/h1-8,21-22,33H,9-20H2. The Kier molecular flexibility index (Phi) is 15.9. The zero-order valence-electron chi connectivity index (χ0n) is 24.0. The molecular formula is C29H35N3O12. The molecule has 0 saturated heterocycles. The van der Waals surface area contributed by atoms with E-state index >= 15 is 0 Å². The molecule has 0 aliphatic heterocycles. The number of aliphatic hydroxyl groups is 1. The van der Waals surface area contributed by atoms with Crippen molar-refractivity contribution in [2.45, 2.75) is 0 Å². The van der Waals surface area contributed by atoms with Crippen LogP contribution < -0.4 is 14.2 Å². The smallest absolute Gasteiger partial charge is 0.491 e. The number of non-ortho nitro benzene ring substituents is 1. The molecule has 0 bridgehead atoms. The topological polar surface area (TPSA) is 180 Å². The Morgan fingerprint density at radius 2 is 1.14 bits per heavy atom. The Bertz CT molecular complexity index is 1260. The third-order valence-corrected chi connectivity index (χ3v) is 5.39. The lowest BCUT2D eigenvalue weighted by atomic mass is 10.2. The molecule has 0 spiro atoms. The van der Waals surface area contributed by atoms with Crippen molar-refractivity contribution in [3.8, 4) is 28.6 Å². The first kappa shape index (κ1) is 34.1. The zero-order chi connectivity index (χ0) is 31.2. The minimum absolute atomic E-state index is 0.0115. The number of nitro groups is 1. The largest absolute Gasteiger partial charge is 0.513 e. The molecule has 0 radical (unpaired) electrons. The number of carbonyl (C=O) groups is 1. The summed E-state index contributed by atoms with van der Waals surface area (Å²) >= 11 is 0. The van der Waals surface area contributed by atoms with Gasteiger partial charge in [-0.25, -0.2) is 4.79 Å². The van der Waals surface area contributed by atoms with Crippen molar-refractivity contribution in [2.24, 2.45) is 0 Å². The number of rotatable bonds is 22. The number of nitrogens with zero attached hydrogens (tertiary/aromatic N) is 3. The van der Waals surface area contributed by atoms with Gasteiger partial charge in [0.2, 0.25) is 0 Å². The van der Waals surface area contributed by atoms with E-state index in [0.717, 1.165) is 0 Å². The minimum Gasteiger partial charge on any atom is -0.491 e. The Morgan fingerprint density at radius 3 is 1.64 bits per heavy atom. The van der Waals surface area contributed by atoms with Gasteiger partial charge < -0.3 is 43.0 Å². The van der Waals surface area contributed by atoms with E-state index in [0.29, 0.717) is 75.7 Å². The minimum atomic E-state index is -0.939. The average Bonchev–Trinajstić information content (AvgIpc) is 3.04. The third kappa shape index (κ3) is 13.7. The van der Waals surface area contributed by atoms with E-state index in [9.17, 15) is 14.9 Å². The Hall–Kier alpha value is -4.41. The fourth-order valence-electron chi connectivity index (χ4n) is 3.37. The van der Waals surface area contributed by atoms with Crippen LogP contribution in [0.5, 0.6) is 17.2 Å². The second kappa shape index (κ2) is 20.5. The fraction of sp³-hybridized carbons (Fsp3) is 0.414. The molecule has 1 aromatic carbocycles. The first-order valence-corrected chi connectivity index (χ1v) is 13.7. The SMILES string of the molecule is O=C(OCCOCCOCCOc1ccnc(-c2cc(OCCOCCOCCO)ccn2)c1)Oc1ccc([N+](=O)[O-])cc1. The van der Waals surface area contributed by atoms with E-state index in [4.69, 9.17) is 43.0 Å². The van der Waals surface area contributed by atoms with Crippen LogP contribution in [-0.2, 0) is 23.7 Å². The summed E-state index contributed by atoms with van der Waals surface area (Å²) in [6, 6.07) is 12.1. The maximum absolute atomic E-state index is 11.7. The molecule has 2 aromatic heterocycles. The molecule has 3 aromatic rings. The average molecular weight is 618 g/mol. The first-order valence-electron chi connectivity index (χ1n) is 13.7. The highest BCUT2D eigenvalue weighted by Crippen LogP contribution is 2.23. The quantitative estimate of drug-likeness (QED) is 0.0571. The highest BCUT2D eigenvalue weighted by Gasteiger charge is 2.09. The van der Waals surface area contributed by atoms with Crippen molar-refractivity contribution < 1.29 is 52.7 Å². The zero-order valence-corrected chi connectivity index (χ0v) is 24.0. The number of aliphatic hydroxyl groups excluding tert-OH is 1. The lowest BCUT2D eigenvalue weighted by Gasteiger charge is -2.10. The van der Waals surface area contributed by atoms with Gasteiger partial charge in [-0.05, 0) is 24.3 Å². The number of aromatic nitrogens is 2. The van der Waals surface area contributed by atoms with E-state index in [2.05, 4.69) is 9.97 Å². The van der Waals surface area contributed by atoms with Crippen LogP contribution in [0.4, 0.5) is 10.5 Å². The Labute approximate surface area is 253 Å². The van der Waals surface area contributed by atoms with Gasteiger partial charge in [0.05, 0.1) is 75.8 Å². The van der Waals surface area contributed by atoms with Gasteiger partial charge in [-0.15, -0.1) is 0 Å².